The highest BCUT2D eigenvalue weighted by Gasteiger charge is 2.09. The zero-order valence-corrected chi connectivity index (χ0v) is 9.28. The largest absolute Gasteiger partial charge is 0.508 e. The number of phenols is 1. The minimum Gasteiger partial charge on any atom is -0.508 e. The van der Waals surface area contributed by atoms with Crippen LogP contribution in [0.1, 0.15) is 15.9 Å². The van der Waals surface area contributed by atoms with E-state index in [2.05, 4.69) is 4.98 Å². The van der Waals surface area contributed by atoms with E-state index in [1.54, 1.807) is 12.1 Å². The van der Waals surface area contributed by atoms with E-state index in [-0.39, 0.29) is 11.3 Å². The molecule has 1 aromatic heterocycles. The number of hydrogen-bond donors (Lipinski definition) is 2. The summed E-state index contributed by atoms with van der Waals surface area (Å²) in [6, 6.07) is 6.47. The normalized spacial score (nSPS) is 10.2. The molecule has 0 aliphatic rings. The number of hydrogen-bond acceptors (Lipinski definition) is 4. The fraction of sp³-hybridized carbons (Fsp3) is 0.0833. The van der Waals surface area contributed by atoms with E-state index in [0.717, 1.165) is 5.56 Å². The van der Waals surface area contributed by atoms with Gasteiger partial charge >= 0.3 is 5.97 Å². The van der Waals surface area contributed by atoms with E-state index in [0.29, 0.717) is 6.54 Å². The summed E-state index contributed by atoms with van der Waals surface area (Å²) in [5.41, 5.74) is -0.268. The van der Waals surface area contributed by atoms with E-state index >= 15 is 0 Å². The van der Waals surface area contributed by atoms with E-state index < -0.39 is 11.5 Å². The minimum absolute atomic E-state index is 0.156. The van der Waals surface area contributed by atoms with Crippen LogP contribution in [-0.2, 0) is 6.54 Å². The molecule has 2 N–H and O–H groups in total. The molecule has 2 aromatic rings. The molecule has 0 saturated heterocycles. The number of aromatic hydroxyl groups is 1. The quantitative estimate of drug-likeness (QED) is 0.831. The van der Waals surface area contributed by atoms with Crippen molar-refractivity contribution in [3.63, 3.8) is 0 Å². The SMILES string of the molecule is O=C(O)c1cn(Cc2ccc(O)cc2)cnc1=O. The Kier molecular flexibility index (Phi) is 3.09. The molecule has 2 rings (SSSR count). The topological polar surface area (TPSA) is 92.4 Å². The Balaban J connectivity index is 2.30. The predicted octanol–water partition coefficient (Wildman–Crippen LogP) is 0.695. The van der Waals surface area contributed by atoms with Crippen LogP contribution in [0.25, 0.3) is 0 Å². The lowest BCUT2D eigenvalue weighted by Gasteiger charge is -2.06. The van der Waals surface area contributed by atoms with Crippen LogP contribution in [0.2, 0.25) is 0 Å². The van der Waals surface area contributed by atoms with Gasteiger partial charge in [-0.25, -0.2) is 4.79 Å². The fourth-order valence-electron chi connectivity index (χ4n) is 1.50. The first-order valence-corrected chi connectivity index (χ1v) is 5.13. The molecule has 0 amide bonds. The maximum Gasteiger partial charge on any atom is 0.342 e. The average molecular weight is 246 g/mol. The van der Waals surface area contributed by atoms with Gasteiger partial charge in [-0.1, -0.05) is 12.1 Å². The fourth-order valence-corrected chi connectivity index (χ4v) is 1.50. The lowest BCUT2D eigenvalue weighted by Crippen LogP contribution is -2.20. The smallest absolute Gasteiger partial charge is 0.342 e. The summed E-state index contributed by atoms with van der Waals surface area (Å²) >= 11 is 0. The van der Waals surface area contributed by atoms with Gasteiger partial charge in [0.2, 0.25) is 0 Å². The number of carbonyl (C=O) groups is 1. The molecule has 0 atom stereocenters. The van der Waals surface area contributed by atoms with Gasteiger partial charge in [0, 0.05) is 12.7 Å². The molecule has 0 radical (unpaired) electrons. The third-order valence-corrected chi connectivity index (χ3v) is 2.38. The van der Waals surface area contributed by atoms with Gasteiger partial charge in [0.15, 0.2) is 0 Å². The third-order valence-electron chi connectivity index (χ3n) is 2.38. The first-order valence-electron chi connectivity index (χ1n) is 5.13. The summed E-state index contributed by atoms with van der Waals surface area (Å²) < 4.78 is 1.50. The molecule has 0 saturated carbocycles. The summed E-state index contributed by atoms with van der Waals surface area (Å²) in [6.07, 6.45) is 2.52. The first-order chi connectivity index (χ1) is 8.56. The molecule has 18 heavy (non-hydrogen) atoms. The number of aromatic carboxylic acids is 1. The second-order valence-electron chi connectivity index (χ2n) is 3.74. The van der Waals surface area contributed by atoms with Gasteiger partial charge in [-0.2, -0.15) is 4.98 Å². The number of nitrogens with zero attached hydrogens (tertiary/aromatic N) is 2. The Morgan fingerprint density at radius 1 is 1.28 bits per heavy atom. The van der Waals surface area contributed by atoms with Crippen LogP contribution in [0, 0.1) is 0 Å². The van der Waals surface area contributed by atoms with Crippen LogP contribution >= 0.6 is 0 Å². The first kappa shape index (κ1) is 11.8. The predicted molar refractivity (Wildman–Crippen MR) is 62.7 cm³/mol. The van der Waals surface area contributed by atoms with Gasteiger partial charge in [0.1, 0.15) is 11.3 Å². The number of aromatic nitrogens is 2. The Labute approximate surface area is 102 Å². The minimum atomic E-state index is -1.30. The van der Waals surface area contributed by atoms with Crippen molar-refractivity contribution in [2.45, 2.75) is 6.54 Å². The number of rotatable bonds is 3. The molecule has 0 unspecified atom stereocenters. The maximum atomic E-state index is 11.2. The second kappa shape index (κ2) is 4.70. The van der Waals surface area contributed by atoms with Gasteiger partial charge in [0.25, 0.3) is 5.56 Å². The summed E-state index contributed by atoms with van der Waals surface area (Å²) in [5.74, 6) is -1.14. The Hall–Kier alpha value is -2.63. The van der Waals surface area contributed by atoms with Crippen LogP contribution in [0.15, 0.2) is 41.6 Å². The zero-order chi connectivity index (χ0) is 13.1. The Morgan fingerprint density at radius 2 is 1.94 bits per heavy atom. The van der Waals surface area contributed by atoms with Crippen LogP contribution in [0.3, 0.4) is 0 Å². The molecule has 0 fully saturated rings. The van der Waals surface area contributed by atoms with E-state index in [9.17, 15) is 9.59 Å². The van der Waals surface area contributed by atoms with Gasteiger partial charge in [-0.15, -0.1) is 0 Å². The molecule has 0 spiro atoms. The van der Waals surface area contributed by atoms with Gasteiger partial charge in [0.05, 0.1) is 6.33 Å². The molecule has 0 bridgehead atoms. The summed E-state index contributed by atoms with van der Waals surface area (Å²) in [7, 11) is 0. The highest BCUT2D eigenvalue weighted by molar-refractivity contribution is 5.86. The van der Waals surface area contributed by atoms with Crippen molar-refractivity contribution in [1.82, 2.24) is 9.55 Å². The maximum absolute atomic E-state index is 11.2. The highest BCUT2D eigenvalue weighted by atomic mass is 16.4. The van der Waals surface area contributed by atoms with Crippen LogP contribution in [-0.4, -0.2) is 25.7 Å². The van der Waals surface area contributed by atoms with Crippen molar-refractivity contribution in [3.8, 4) is 5.75 Å². The van der Waals surface area contributed by atoms with E-state index in [1.165, 1.54) is 29.2 Å². The monoisotopic (exact) mass is 246 g/mol. The standard InChI is InChI=1S/C12H10N2O4/c15-9-3-1-8(2-4-9)5-14-6-10(12(17)18)11(16)13-7-14/h1-4,6-7,15H,5H2,(H,17,18). The molecular weight excluding hydrogens is 236 g/mol. The van der Waals surface area contributed by atoms with Crippen LogP contribution in [0.5, 0.6) is 5.75 Å². The van der Waals surface area contributed by atoms with Crippen molar-refractivity contribution in [2.75, 3.05) is 0 Å². The zero-order valence-electron chi connectivity index (χ0n) is 9.28. The van der Waals surface area contributed by atoms with Crippen molar-refractivity contribution >= 4 is 5.97 Å². The molecule has 0 aliphatic carbocycles. The molecule has 6 heteroatoms. The Morgan fingerprint density at radius 3 is 2.56 bits per heavy atom. The molecule has 6 nitrogen and oxygen atoms in total. The third kappa shape index (κ3) is 2.54. The molecule has 92 valence electrons. The van der Waals surface area contributed by atoms with Gasteiger partial charge in [-0.05, 0) is 17.7 Å². The molecule has 0 aliphatic heterocycles. The highest BCUT2D eigenvalue weighted by Crippen LogP contribution is 2.10. The number of carboxylic acids is 1. The second-order valence-corrected chi connectivity index (χ2v) is 3.74. The summed E-state index contributed by atoms with van der Waals surface area (Å²) in [6.45, 7) is 0.369. The van der Waals surface area contributed by atoms with Crippen LogP contribution < -0.4 is 5.56 Å². The molecular formula is C12H10N2O4. The number of benzene rings is 1. The van der Waals surface area contributed by atoms with Crippen molar-refractivity contribution in [2.24, 2.45) is 0 Å². The van der Waals surface area contributed by atoms with Crippen molar-refractivity contribution < 1.29 is 15.0 Å². The molecule has 1 aromatic carbocycles. The number of carboxylic acid groups (broad SMARTS) is 1. The molecule has 1 heterocycles. The summed E-state index contributed by atoms with van der Waals surface area (Å²) in [4.78, 5) is 25.4. The van der Waals surface area contributed by atoms with Crippen LogP contribution in [0.4, 0.5) is 0 Å². The van der Waals surface area contributed by atoms with Gasteiger partial charge < -0.3 is 14.8 Å². The van der Waals surface area contributed by atoms with Crippen molar-refractivity contribution in [1.29, 1.82) is 0 Å². The van der Waals surface area contributed by atoms with Crippen molar-refractivity contribution in [3.05, 3.63) is 58.3 Å². The lowest BCUT2D eigenvalue weighted by molar-refractivity contribution is 0.0694. The summed E-state index contributed by atoms with van der Waals surface area (Å²) in [5, 5.41) is 17.9. The Bertz CT molecular complexity index is 631. The lowest BCUT2D eigenvalue weighted by atomic mass is 10.2. The number of phenolic OH excluding ortho intramolecular Hbond substituents is 1. The van der Waals surface area contributed by atoms with Gasteiger partial charge in [-0.3, -0.25) is 4.79 Å². The van der Waals surface area contributed by atoms with E-state index in [4.69, 9.17) is 10.2 Å². The van der Waals surface area contributed by atoms with E-state index in [1.807, 2.05) is 0 Å². The average Bonchev–Trinajstić information content (AvgIpc) is 2.34.